The number of hydrogen-bond acceptors (Lipinski definition) is 6. The van der Waals surface area contributed by atoms with Crippen LogP contribution in [0.25, 0.3) is 0 Å². The molecule has 8 heteroatoms. The summed E-state index contributed by atoms with van der Waals surface area (Å²) in [4.78, 5) is 31.9. The number of amides is 1. The van der Waals surface area contributed by atoms with E-state index in [0.29, 0.717) is 22.4 Å². The van der Waals surface area contributed by atoms with Crippen molar-refractivity contribution in [1.29, 1.82) is 0 Å². The Hall–Kier alpha value is -2.61. The van der Waals surface area contributed by atoms with Crippen molar-refractivity contribution in [2.45, 2.75) is 38.8 Å². The van der Waals surface area contributed by atoms with Gasteiger partial charge in [-0.3, -0.25) is 4.79 Å². The molecule has 0 radical (unpaired) electrons. The zero-order chi connectivity index (χ0) is 20.0. The molecule has 0 aliphatic carbocycles. The number of hydrogen-bond donors (Lipinski definition) is 2. The predicted molar refractivity (Wildman–Crippen MR) is 105 cm³/mol. The number of ether oxygens (including phenoxy) is 1. The van der Waals surface area contributed by atoms with Crippen molar-refractivity contribution in [1.82, 2.24) is 9.97 Å². The second kappa shape index (κ2) is 9.36. The lowest BCUT2D eigenvalue weighted by atomic mass is 10.2. The molecule has 7 nitrogen and oxygen atoms in total. The molecule has 0 spiro atoms. The summed E-state index contributed by atoms with van der Waals surface area (Å²) in [5, 5.41) is 12.3. The SMILES string of the molecule is CC(C)CSc1cc(C(=O)Nc2ccc(C(=O)O)cn2)cc(OC(C)C)n1. The van der Waals surface area contributed by atoms with Gasteiger partial charge in [0.15, 0.2) is 0 Å². The number of rotatable bonds is 8. The van der Waals surface area contributed by atoms with Gasteiger partial charge in [-0.05, 0) is 38.0 Å². The van der Waals surface area contributed by atoms with Gasteiger partial charge in [-0.15, -0.1) is 11.8 Å². The monoisotopic (exact) mass is 389 g/mol. The number of anilines is 1. The molecule has 0 aliphatic rings. The molecule has 2 heterocycles. The summed E-state index contributed by atoms with van der Waals surface area (Å²) < 4.78 is 5.66. The van der Waals surface area contributed by atoms with Crippen LogP contribution in [-0.4, -0.2) is 38.8 Å². The second-order valence-electron chi connectivity index (χ2n) is 6.60. The summed E-state index contributed by atoms with van der Waals surface area (Å²) in [7, 11) is 0. The Morgan fingerprint density at radius 3 is 2.48 bits per heavy atom. The summed E-state index contributed by atoms with van der Waals surface area (Å²) in [5.41, 5.74) is 0.452. The van der Waals surface area contributed by atoms with Gasteiger partial charge in [-0.25, -0.2) is 14.8 Å². The van der Waals surface area contributed by atoms with Crippen molar-refractivity contribution in [3.8, 4) is 5.88 Å². The summed E-state index contributed by atoms with van der Waals surface area (Å²) in [6.45, 7) is 8.01. The van der Waals surface area contributed by atoms with E-state index in [0.717, 1.165) is 5.75 Å². The van der Waals surface area contributed by atoms with Gasteiger partial charge in [0.2, 0.25) is 5.88 Å². The third-order valence-electron chi connectivity index (χ3n) is 3.21. The molecular formula is C19H23N3O4S. The van der Waals surface area contributed by atoms with Crippen LogP contribution >= 0.6 is 11.8 Å². The smallest absolute Gasteiger partial charge is 0.337 e. The van der Waals surface area contributed by atoms with Crippen molar-refractivity contribution in [2.75, 3.05) is 11.1 Å². The van der Waals surface area contributed by atoms with Gasteiger partial charge in [0.05, 0.1) is 11.7 Å². The maximum Gasteiger partial charge on any atom is 0.337 e. The fourth-order valence-corrected chi connectivity index (χ4v) is 2.89. The number of pyridine rings is 2. The Morgan fingerprint density at radius 2 is 1.93 bits per heavy atom. The lowest BCUT2D eigenvalue weighted by molar-refractivity contribution is 0.0696. The minimum atomic E-state index is -1.07. The lowest BCUT2D eigenvalue weighted by Gasteiger charge is -2.13. The largest absolute Gasteiger partial charge is 0.478 e. The summed E-state index contributed by atoms with van der Waals surface area (Å²) in [6.07, 6.45) is 1.13. The third kappa shape index (κ3) is 6.56. The lowest BCUT2D eigenvalue weighted by Crippen LogP contribution is -2.15. The van der Waals surface area contributed by atoms with Gasteiger partial charge in [-0.1, -0.05) is 13.8 Å². The van der Waals surface area contributed by atoms with Crippen molar-refractivity contribution < 1.29 is 19.4 Å². The number of thioether (sulfide) groups is 1. The van der Waals surface area contributed by atoms with E-state index in [1.807, 2.05) is 13.8 Å². The van der Waals surface area contributed by atoms with Crippen molar-refractivity contribution in [2.24, 2.45) is 5.92 Å². The van der Waals surface area contributed by atoms with Gasteiger partial charge in [0.1, 0.15) is 10.8 Å². The van der Waals surface area contributed by atoms with Crippen molar-refractivity contribution in [3.05, 3.63) is 41.6 Å². The number of carboxylic acids is 1. The number of carbonyl (C=O) groups is 2. The Morgan fingerprint density at radius 1 is 1.19 bits per heavy atom. The van der Waals surface area contributed by atoms with Crippen LogP contribution in [0.15, 0.2) is 35.5 Å². The molecule has 1 amide bonds. The molecule has 0 saturated heterocycles. The summed E-state index contributed by atoms with van der Waals surface area (Å²) in [6, 6.07) is 6.12. The summed E-state index contributed by atoms with van der Waals surface area (Å²) >= 11 is 1.56. The van der Waals surface area contributed by atoms with Crippen LogP contribution in [0.1, 0.15) is 48.4 Å². The average molecular weight is 389 g/mol. The van der Waals surface area contributed by atoms with E-state index in [9.17, 15) is 9.59 Å². The van der Waals surface area contributed by atoms with Gasteiger partial charge < -0.3 is 15.2 Å². The van der Waals surface area contributed by atoms with E-state index in [4.69, 9.17) is 9.84 Å². The number of carboxylic acid groups (broad SMARTS) is 1. The normalized spacial score (nSPS) is 10.9. The third-order valence-corrected chi connectivity index (χ3v) is 4.55. The minimum Gasteiger partial charge on any atom is -0.478 e. The molecule has 0 atom stereocenters. The van der Waals surface area contributed by atoms with Gasteiger partial charge in [0, 0.05) is 23.6 Å². The zero-order valence-electron chi connectivity index (χ0n) is 15.7. The van der Waals surface area contributed by atoms with E-state index in [1.165, 1.54) is 18.3 Å². The molecule has 2 rings (SSSR count). The molecular weight excluding hydrogens is 366 g/mol. The Kier molecular flexibility index (Phi) is 7.18. The first-order valence-corrected chi connectivity index (χ1v) is 9.55. The quantitative estimate of drug-likeness (QED) is 0.659. The van der Waals surface area contributed by atoms with E-state index in [2.05, 4.69) is 29.1 Å². The van der Waals surface area contributed by atoms with Crippen LogP contribution in [0.5, 0.6) is 5.88 Å². The molecule has 0 saturated carbocycles. The Balaban J connectivity index is 2.21. The molecule has 2 aromatic rings. The molecule has 0 bridgehead atoms. The molecule has 0 fully saturated rings. The van der Waals surface area contributed by atoms with Gasteiger partial charge >= 0.3 is 5.97 Å². The highest BCUT2D eigenvalue weighted by Gasteiger charge is 2.14. The number of nitrogens with one attached hydrogen (secondary N) is 1. The Labute approximate surface area is 162 Å². The number of carbonyl (C=O) groups excluding carboxylic acids is 1. The van der Waals surface area contributed by atoms with E-state index in [-0.39, 0.29) is 23.4 Å². The Bertz CT molecular complexity index is 807. The molecule has 144 valence electrons. The highest BCUT2D eigenvalue weighted by atomic mass is 32.2. The highest BCUT2D eigenvalue weighted by molar-refractivity contribution is 7.99. The van der Waals surface area contributed by atoms with Crippen LogP contribution < -0.4 is 10.1 Å². The van der Waals surface area contributed by atoms with Crippen LogP contribution in [0.3, 0.4) is 0 Å². The van der Waals surface area contributed by atoms with Crippen LogP contribution in [0.2, 0.25) is 0 Å². The van der Waals surface area contributed by atoms with Crippen molar-refractivity contribution in [3.63, 3.8) is 0 Å². The van der Waals surface area contributed by atoms with Crippen LogP contribution in [-0.2, 0) is 0 Å². The number of aromatic nitrogens is 2. The standard InChI is InChI=1S/C19H23N3O4S/c1-11(2)10-27-17-8-14(7-16(22-17)26-12(3)4)18(23)21-15-6-5-13(9-20-15)19(24)25/h5-9,11-12H,10H2,1-4H3,(H,24,25)(H,20,21,23). The first-order valence-electron chi connectivity index (χ1n) is 8.57. The fourth-order valence-electron chi connectivity index (χ4n) is 2.02. The topological polar surface area (TPSA) is 101 Å². The maximum atomic E-state index is 12.6. The zero-order valence-corrected chi connectivity index (χ0v) is 16.5. The molecule has 2 aromatic heterocycles. The van der Waals surface area contributed by atoms with Gasteiger partial charge in [0.25, 0.3) is 5.91 Å². The molecule has 0 aliphatic heterocycles. The van der Waals surface area contributed by atoms with E-state index >= 15 is 0 Å². The van der Waals surface area contributed by atoms with Crippen molar-refractivity contribution >= 4 is 29.5 Å². The number of aromatic carboxylic acids is 1. The van der Waals surface area contributed by atoms with Gasteiger partial charge in [-0.2, -0.15) is 0 Å². The van der Waals surface area contributed by atoms with E-state index in [1.54, 1.807) is 23.9 Å². The van der Waals surface area contributed by atoms with E-state index < -0.39 is 5.97 Å². The molecule has 0 unspecified atom stereocenters. The second-order valence-corrected chi connectivity index (χ2v) is 7.64. The fraction of sp³-hybridized carbons (Fsp3) is 0.368. The minimum absolute atomic E-state index is 0.0527. The van der Waals surface area contributed by atoms with Crippen LogP contribution in [0.4, 0.5) is 5.82 Å². The summed E-state index contributed by atoms with van der Waals surface area (Å²) in [5.74, 6) is 0.574. The predicted octanol–water partition coefficient (Wildman–Crippen LogP) is 3.96. The van der Waals surface area contributed by atoms with Crippen LogP contribution in [0, 0.1) is 5.92 Å². The maximum absolute atomic E-state index is 12.6. The molecule has 0 aromatic carbocycles. The highest BCUT2D eigenvalue weighted by Crippen LogP contribution is 2.24. The first-order chi connectivity index (χ1) is 12.7. The molecule has 2 N–H and O–H groups in total. The average Bonchev–Trinajstić information content (AvgIpc) is 2.59. The molecule has 27 heavy (non-hydrogen) atoms. The number of nitrogens with zero attached hydrogens (tertiary/aromatic N) is 2. The first kappa shape index (κ1) is 20.7.